The minimum Gasteiger partial charge on any atom is -0.491 e. The fourth-order valence-corrected chi connectivity index (χ4v) is 5.22. The molecule has 2 aromatic carbocycles. The van der Waals surface area contributed by atoms with Crippen molar-refractivity contribution in [1.82, 2.24) is 0 Å². The Morgan fingerprint density at radius 1 is 0.872 bits per heavy atom. The monoisotopic (exact) mass is 642 g/mol. The summed E-state index contributed by atoms with van der Waals surface area (Å²) >= 11 is 0. The highest BCUT2D eigenvalue weighted by atomic mass is 16.5. The van der Waals surface area contributed by atoms with Crippen LogP contribution < -0.4 is 25.6 Å². The molecule has 3 aromatic rings. The molecule has 14 heteroatoms. The summed E-state index contributed by atoms with van der Waals surface area (Å²) in [5.74, 6) is -4.29. The molecule has 0 saturated carbocycles. The van der Waals surface area contributed by atoms with Gasteiger partial charge in [0.15, 0.2) is 5.76 Å². The molecule has 2 aliphatic rings. The molecule has 1 aromatic heterocycles. The lowest BCUT2D eigenvalue weighted by Crippen LogP contribution is -2.33. The number of methoxy groups -OCH3 is 2. The highest BCUT2D eigenvalue weighted by Gasteiger charge is 2.36. The van der Waals surface area contributed by atoms with Crippen LogP contribution >= 0.6 is 0 Å². The third-order valence-corrected chi connectivity index (χ3v) is 7.52. The molecule has 0 unspecified atom stereocenters. The SMILES string of the molecule is CCCN(CCC(=O)OC)c1ccc2cc(C(=O)Nc3cc(N4C(=O)C=C(C)C4=O)cc(N4C(=O)C=C(OC)C4=O)c3)c(=O)oc2c1. The molecule has 242 valence electrons. The summed E-state index contributed by atoms with van der Waals surface area (Å²) in [5.41, 5.74) is -0.331. The van der Waals surface area contributed by atoms with Crippen LogP contribution in [-0.4, -0.2) is 62.8 Å². The van der Waals surface area contributed by atoms with E-state index in [0.29, 0.717) is 24.2 Å². The Labute approximate surface area is 267 Å². The van der Waals surface area contributed by atoms with Gasteiger partial charge in [-0.15, -0.1) is 0 Å². The predicted octanol–water partition coefficient (Wildman–Crippen LogP) is 3.05. The summed E-state index contributed by atoms with van der Waals surface area (Å²) in [6.07, 6.45) is 3.08. The van der Waals surface area contributed by atoms with Gasteiger partial charge in [-0.2, -0.15) is 0 Å². The van der Waals surface area contributed by atoms with Crippen LogP contribution in [0.2, 0.25) is 0 Å². The van der Waals surface area contributed by atoms with E-state index < -0.39 is 35.2 Å². The Hall–Kier alpha value is -6.05. The summed E-state index contributed by atoms with van der Waals surface area (Å²) in [6, 6.07) is 10.3. The molecule has 47 heavy (non-hydrogen) atoms. The Bertz CT molecular complexity index is 1980. The van der Waals surface area contributed by atoms with Crippen LogP contribution in [0.1, 0.15) is 37.0 Å². The van der Waals surface area contributed by atoms with Crippen LogP contribution in [-0.2, 0) is 33.4 Å². The van der Waals surface area contributed by atoms with E-state index >= 15 is 0 Å². The molecule has 0 bridgehead atoms. The van der Waals surface area contributed by atoms with Gasteiger partial charge in [-0.1, -0.05) is 6.92 Å². The van der Waals surface area contributed by atoms with Crippen LogP contribution in [0.4, 0.5) is 22.7 Å². The fourth-order valence-electron chi connectivity index (χ4n) is 5.22. The lowest BCUT2D eigenvalue weighted by Gasteiger charge is -2.24. The van der Waals surface area contributed by atoms with Crippen molar-refractivity contribution in [2.45, 2.75) is 26.7 Å². The van der Waals surface area contributed by atoms with Crippen molar-refractivity contribution in [1.29, 1.82) is 0 Å². The number of carbonyl (C=O) groups excluding carboxylic acids is 6. The molecule has 5 amide bonds. The standard InChI is InChI=1S/C33H30N4O10/c1-5-9-35(10-8-29(40)46-4)21-7-6-19-12-24(33(44)47-25(19)16-21)30(41)34-20-13-22(36-27(38)11-18(2)31(36)42)15-23(14-20)37-28(39)17-26(45-3)32(37)43/h6-7,11-17H,5,8-10H2,1-4H3,(H,34,41). The summed E-state index contributed by atoms with van der Waals surface area (Å²) in [5, 5.41) is 2.99. The van der Waals surface area contributed by atoms with E-state index in [0.717, 1.165) is 28.4 Å². The largest absolute Gasteiger partial charge is 0.491 e. The number of imide groups is 2. The van der Waals surface area contributed by atoms with E-state index in [9.17, 15) is 33.6 Å². The average molecular weight is 643 g/mol. The Kier molecular flexibility index (Phi) is 9.03. The molecular formula is C33H30N4O10. The number of esters is 1. The maximum Gasteiger partial charge on any atom is 0.349 e. The number of rotatable bonds is 11. The zero-order chi connectivity index (χ0) is 34.0. The first-order chi connectivity index (χ1) is 22.4. The van der Waals surface area contributed by atoms with Gasteiger partial charge < -0.3 is 24.1 Å². The molecule has 0 radical (unpaired) electrons. The van der Waals surface area contributed by atoms with Crippen molar-refractivity contribution in [2.75, 3.05) is 47.3 Å². The second kappa shape index (κ2) is 13.1. The molecular weight excluding hydrogens is 612 g/mol. The fraction of sp³-hybridized carbons (Fsp3) is 0.242. The first-order valence-electron chi connectivity index (χ1n) is 14.5. The lowest BCUT2D eigenvalue weighted by molar-refractivity contribution is -0.140. The maximum absolute atomic E-state index is 13.4. The molecule has 0 fully saturated rings. The number of carbonyl (C=O) groups is 6. The molecule has 0 atom stereocenters. The summed E-state index contributed by atoms with van der Waals surface area (Å²) in [6.45, 7) is 4.47. The predicted molar refractivity (Wildman–Crippen MR) is 170 cm³/mol. The van der Waals surface area contributed by atoms with E-state index in [1.54, 1.807) is 18.2 Å². The lowest BCUT2D eigenvalue weighted by atomic mass is 10.1. The highest BCUT2D eigenvalue weighted by Crippen LogP contribution is 2.34. The van der Waals surface area contributed by atoms with Gasteiger partial charge in [-0.3, -0.25) is 28.8 Å². The molecule has 0 saturated heterocycles. The van der Waals surface area contributed by atoms with E-state index in [-0.39, 0.29) is 51.9 Å². The smallest absolute Gasteiger partial charge is 0.349 e. The van der Waals surface area contributed by atoms with Crippen molar-refractivity contribution in [3.05, 3.63) is 81.9 Å². The quantitative estimate of drug-likeness (QED) is 0.185. The van der Waals surface area contributed by atoms with Crippen LogP contribution in [0, 0.1) is 0 Å². The minimum atomic E-state index is -0.941. The van der Waals surface area contributed by atoms with E-state index in [4.69, 9.17) is 13.9 Å². The highest BCUT2D eigenvalue weighted by molar-refractivity contribution is 6.32. The van der Waals surface area contributed by atoms with Gasteiger partial charge in [0.25, 0.3) is 23.6 Å². The molecule has 5 rings (SSSR count). The molecule has 2 aliphatic heterocycles. The number of benzene rings is 2. The summed E-state index contributed by atoms with van der Waals surface area (Å²) < 4.78 is 15.2. The van der Waals surface area contributed by atoms with E-state index in [1.165, 1.54) is 45.4 Å². The van der Waals surface area contributed by atoms with Gasteiger partial charge in [0.1, 0.15) is 11.1 Å². The zero-order valence-electron chi connectivity index (χ0n) is 25.9. The maximum atomic E-state index is 13.4. The number of nitrogens with one attached hydrogen (secondary N) is 1. The second-order valence-electron chi connectivity index (χ2n) is 10.7. The van der Waals surface area contributed by atoms with Crippen LogP contribution in [0.25, 0.3) is 11.0 Å². The normalized spacial score (nSPS) is 14.5. The summed E-state index contributed by atoms with van der Waals surface area (Å²) in [7, 11) is 2.54. The van der Waals surface area contributed by atoms with Gasteiger partial charge in [0, 0.05) is 47.6 Å². The minimum absolute atomic E-state index is 0.0326. The van der Waals surface area contributed by atoms with Crippen LogP contribution in [0.3, 0.4) is 0 Å². The molecule has 0 aliphatic carbocycles. The van der Waals surface area contributed by atoms with Crippen molar-refractivity contribution in [2.24, 2.45) is 0 Å². The van der Waals surface area contributed by atoms with Crippen molar-refractivity contribution >= 4 is 69.2 Å². The van der Waals surface area contributed by atoms with Gasteiger partial charge in [0.2, 0.25) is 0 Å². The Morgan fingerprint density at radius 2 is 1.55 bits per heavy atom. The third-order valence-electron chi connectivity index (χ3n) is 7.52. The first-order valence-corrected chi connectivity index (χ1v) is 14.5. The van der Waals surface area contributed by atoms with Gasteiger partial charge in [-0.25, -0.2) is 14.6 Å². The van der Waals surface area contributed by atoms with E-state index in [2.05, 4.69) is 5.32 Å². The van der Waals surface area contributed by atoms with Gasteiger partial charge in [0.05, 0.1) is 38.1 Å². The van der Waals surface area contributed by atoms with Crippen molar-refractivity contribution in [3.63, 3.8) is 0 Å². The topological polar surface area (TPSA) is 173 Å². The Balaban J connectivity index is 1.47. The summed E-state index contributed by atoms with van der Waals surface area (Å²) in [4.78, 5) is 92.7. The third kappa shape index (κ3) is 6.38. The first kappa shape index (κ1) is 32.3. The number of amides is 5. The van der Waals surface area contributed by atoms with Gasteiger partial charge >= 0.3 is 17.5 Å². The number of fused-ring (bicyclic) bond motifs is 1. The van der Waals surface area contributed by atoms with Crippen molar-refractivity contribution in [3.8, 4) is 0 Å². The molecule has 0 spiro atoms. The van der Waals surface area contributed by atoms with Crippen LogP contribution in [0.5, 0.6) is 0 Å². The van der Waals surface area contributed by atoms with Gasteiger partial charge in [-0.05, 0) is 49.7 Å². The van der Waals surface area contributed by atoms with E-state index in [1.807, 2.05) is 11.8 Å². The molecule has 14 nitrogen and oxygen atoms in total. The molecule has 1 N–H and O–H groups in total. The zero-order valence-corrected chi connectivity index (χ0v) is 25.9. The number of ether oxygens (including phenoxy) is 2. The number of anilines is 4. The number of hydrogen-bond acceptors (Lipinski definition) is 11. The molecule has 3 heterocycles. The van der Waals surface area contributed by atoms with Crippen molar-refractivity contribution < 1.29 is 42.7 Å². The average Bonchev–Trinajstić information content (AvgIpc) is 3.48. The van der Waals surface area contributed by atoms with Crippen LogP contribution in [0.15, 0.2) is 75.2 Å². The number of hydrogen-bond donors (Lipinski definition) is 1. The number of nitrogens with zero attached hydrogens (tertiary/aromatic N) is 3. The Morgan fingerprint density at radius 3 is 2.15 bits per heavy atom. The second-order valence-corrected chi connectivity index (χ2v) is 10.7.